The topological polar surface area (TPSA) is 204 Å². The molecule has 0 spiro atoms. The number of ether oxygens (including phenoxy) is 2. The Hall–Kier alpha value is -10.6. The third kappa shape index (κ3) is 11.0. The predicted molar refractivity (Wildman–Crippen MR) is 287 cm³/mol. The zero-order chi connectivity index (χ0) is 52.0. The van der Waals surface area contributed by atoms with Crippen LogP contribution in [-0.4, -0.2) is 51.7 Å². The molecule has 15 heteroatoms. The molecule has 364 valence electrons. The van der Waals surface area contributed by atoms with Crippen LogP contribution in [-0.2, 0) is 9.59 Å². The zero-order valence-corrected chi connectivity index (χ0v) is 40.1. The van der Waals surface area contributed by atoms with E-state index in [9.17, 15) is 29.3 Å². The molecule has 6 bridgehead atoms. The van der Waals surface area contributed by atoms with Crippen LogP contribution in [0.25, 0.3) is 32.7 Å². The van der Waals surface area contributed by atoms with E-state index in [1.165, 1.54) is 30.3 Å². The Balaban J connectivity index is 1.17. The highest BCUT2D eigenvalue weighted by atomic mass is 16.6. The minimum Gasteiger partial charge on any atom is -0.482 e. The summed E-state index contributed by atoms with van der Waals surface area (Å²) in [4.78, 5) is 75.6. The van der Waals surface area contributed by atoms with Crippen LogP contribution < -0.4 is 30.7 Å². The Kier molecular flexibility index (Phi) is 13.4. The van der Waals surface area contributed by atoms with E-state index in [2.05, 4.69) is 54.9 Å². The molecule has 10 rings (SSSR count). The van der Waals surface area contributed by atoms with Gasteiger partial charge in [-0.05, 0) is 102 Å². The van der Waals surface area contributed by atoms with Crippen molar-refractivity contribution in [2.45, 2.75) is 13.8 Å². The predicted octanol–water partition coefficient (Wildman–Crippen LogP) is 10.6. The summed E-state index contributed by atoms with van der Waals surface area (Å²) in [6.45, 7) is 2.86. The molecule has 0 aliphatic carbocycles. The Morgan fingerprint density at radius 2 is 0.880 bits per heavy atom. The Morgan fingerprint density at radius 3 is 1.29 bits per heavy atom. The first-order valence-electron chi connectivity index (χ1n) is 23.4. The van der Waals surface area contributed by atoms with Crippen molar-refractivity contribution in [2.75, 3.05) is 34.5 Å². The molecule has 0 radical (unpaired) electrons. The van der Waals surface area contributed by atoms with Crippen molar-refractivity contribution in [1.82, 2.24) is 9.97 Å². The molecule has 1 aliphatic rings. The zero-order valence-electron chi connectivity index (χ0n) is 40.1. The molecule has 0 atom stereocenters. The van der Waals surface area contributed by atoms with E-state index >= 15 is 0 Å². The van der Waals surface area contributed by atoms with Gasteiger partial charge in [-0.25, -0.2) is 9.97 Å². The molecule has 3 heterocycles. The number of hydrogen-bond donors (Lipinski definition) is 4. The quantitative estimate of drug-likeness (QED) is 0.0696. The lowest BCUT2D eigenvalue weighted by Crippen LogP contribution is -2.22. The van der Waals surface area contributed by atoms with Gasteiger partial charge < -0.3 is 30.7 Å². The fraction of sp³-hybridized carbons (Fsp3) is 0.0667. The average Bonchev–Trinajstić information content (AvgIpc) is 3.41. The Labute approximate surface area is 429 Å². The number of rotatable bonds is 1. The van der Waals surface area contributed by atoms with E-state index in [0.717, 1.165) is 45.2 Å². The standard InChI is InChI=1S/C60H41N7O8/c1-36-17-21-38(22-18-36)25-27-42-29-40-9-3-5-11-47(40)55-56-48-12-6-4-10-41(48)30-43(28-26-39-23-19-37(2)20-24-39)58(56)75-35-54(69)64-50-14-8-16-52(62-50)66-60(71)45-31-44(32-46(33-45)67(72)73)59(70)65-51-15-7-13-49(61-51)63-53(68)34-74-57(42)55/h3-24,29-33H,34-35H2,1-2H3,(H2,61,63,65,68,70)(H2,62,64,66,69,71). The van der Waals surface area contributed by atoms with Gasteiger partial charge in [-0.3, -0.25) is 29.3 Å². The summed E-state index contributed by atoms with van der Waals surface area (Å²) in [5.74, 6) is 10.8. The minimum absolute atomic E-state index is 0.0138. The number of carbonyl (C=O) groups is 4. The number of anilines is 4. The number of fused-ring (bicyclic) bond motifs is 13. The highest BCUT2D eigenvalue weighted by Gasteiger charge is 2.26. The Morgan fingerprint density at radius 1 is 0.480 bits per heavy atom. The van der Waals surface area contributed by atoms with Gasteiger partial charge >= 0.3 is 0 Å². The lowest BCUT2D eigenvalue weighted by molar-refractivity contribution is -0.384. The van der Waals surface area contributed by atoms with Crippen LogP contribution in [0.1, 0.15) is 54.1 Å². The van der Waals surface area contributed by atoms with E-state index in [1.54, 1.807) is 12.1 Å². The van der Waals surface area contributed by atoms with E-state index < -0.39 is 47.5 Å². The number of carbonyl (C=O) groups excluding carboxylic acids is 4. The van der Waals surface area contributed by atoms with Crippen molar-refractivity contribution in [1.29, 1.82) is 0 Å². The van der Waals surface area contributed by atoms with Crippen LogP contribution in [0.3, 0.4) is 0 Å². The molecule has 0 fully saturated rings. The SMILES string of the molecule is Cc1ccc(C#Cc2cc3ccccc3c3c2OCC(=O)Nc2cccc(n2)NC(=O)c2cc(cc([N+](=O)[O-])c2)C(=O)Nc2cccc(n2)NC(=O)COc2c(C#Cc4ccc(C)cc4)cc4ccccc4c2-3)cc1. The number of hydrogen-bond acceptors (Lipinski definition) is 10. The number of amides is 4. The van der Waals surface area contributed by atoms with E-state index in [1.807, 2.05) is 123 Å². The number of benzene rings is 7. The van der Waals surface area contributed by atoms with Crippen LogP contribution in [0.4, 0.5) is 29.0 Å². The second-order valence-corrected chi connectivity index (χ2v) is 17.4. The average molecular weight is 988 g/mol. The summed E-state index contributed by atoms with van der Waals surface area (Å²) in [6.07, 6.45) is 0. The summed E-state index contributed by atoms with van der Waals surface area (Å²) in [5.41, 5.74) is 4.47. The van der Waals surface area contributed by atoms with Crippen molar-refractivity contribution < 1.29 is 33.6 Å². The number of nitrogens with one attached hydrogen (secondary N) is 4. The maximum Gasteiger partial charge on any atom is 0.271 e. The first-order valence-corrected chi connectivity index (χ1v) is 23.4. The number of nitrogens with zero attached hydrogens (tertiary/aromatic N) is 3. The van der Waals surface area contributed by atoms with E-state index in [-0.39, 0.29) is 45.9 Å². The number of nitro groups is 1. The van der Waals surface area contributed by atoms with E-state index in [0.29, 0.717) is 33.0 Å². The largest absolute Gasteiger partial charge is 0.482 e. The van der Waals surface area contributed by atoms with Crippen LogP contribution >= 0.6 is 0 Å². The highest BCUT2D eigenvalue weighted by molar-refractivity contribution is 6.12. The van der Waals surface area contributed by atoms with Gasteiger partial charge in [0, 0.05) is 45.5 Å². The maximum absolute atomic E-state index is 14.1. The normalized spacial score (nSPS) is 12.7. The van der Waals surface area contributed by atoms with Gasteiger partial charge in [0.05, 0.1) is 16.1 Å². The molecule has 4 N–H and O–H groups in total. The molecule has 9 aromatic rings. The molecular weight excluding hydrogens is 947 g/mol. The summed E-state index contributed by atoms with van der Waals surface area (Å²) in [6, 6.07) is 46.9. The van der Waals surface area contributed by atoms with Gasteiger partial charge in [-0.1, -0.05) is 120 Å². The molecular formula is C60H41N7O8. The van der Waals surface area contributed by atoms with Gasteiger partial charge in [0.2, 0.25) is 0 Å². The number of nitro benzene ring substituents is 1. The number of pyridine rings is 2. The van der Waals surface area contributed by atoms with Gasteiger partial charge in [0.1, 0.15) is 34.8 Å². The Bertz CT molecular complexity index is 3700. The van der Waals surface area contributed by atoms with Crippen LogP contribution in [0.5, 0.6) is 11.5 Å². The van der Waals surface area contributed by atoms with Crippen molar-refractivity contribution in [3.05, 3.63) is 218 Å². The second-order valence-electron chi connectivity index (χ2n) is 17.4. The van der Waals surface area contributed by atoms with Gasteiger partial charge in [-0.2, -0.15) is 0 Å². The third-order valence-corrected chi connectivity index (χ3v) is 11.9. The lowest BCUT2D eigenvalue weighted by atomic mass is 9.88. The molecule has 2 aromatic heterocycles. The van der Waals surface area contributed by atoms with Crippen LogP contribution in [0, 0.1) is 47.6 Å². The second kappa shape index (κ2) is 21.0. The van der Waals surface area contributed by atoms with Gasteiger partial charge in [0.15, 0.2) is 13.2 Å². The van der Waals surface area contributed by atoms with Gasteiger partial charge in [-0.15, -0.1) is 0 Å². The fourth-order valence-electron chi connectivity index (χ4n) is 8.33. The number of non-ortho nitro benzene ring substituents is 1. The summed E-state index contributed by atoms with van der Waals surface area (Å²) in [5, 5.41) is 25.7. The molecule has 7 aromatic carbocycles. The summed E-state index contributed by atoms with van der Waals surface area (Å²) < 4.78 is 13.4. The fourth-order valence-corrected chi connectivity index (χ4v) is 8.33. The van der Waals surface area contributed by atoms with E-state index in [4.69, 9.17) is 9.47 Å². The molecule has 0 unspecified atom stereocenters. The molecule has 4 amide bonds. The lowest BCUT2D eigenvalue weighted by Gasteiger charge is -2.22. The summed E-state index contributed by atoms with van der Waals surface area (Å²) >= 11 is 0. The van der Waals surface area contributed by atoms with Crippen molar-refractivity contribution in [2.24, 2.45) is 0 Å². The minimum atomic E-state index is -0.831. The highest BCUT2D eigenvalue weighted by Crippen LogP contribution is 2.48. The molecule has 0 saturated carbocycles. The maximum atomic E-state index is 14.1. The third-order valence-electron chi connectivity index (χ3n) is 11.9. The molecule has 15 nitrogen and oxygen atoms in total. The van der Waals surface area contributed by atoms with Crippen LogP contribution in [0.2, 0.25) is 0 Å². The smallest absolute Gasteiger partial charge is 0.271 e. The first-order chi connectivity index (χ1) is 36.4. The molecule has 75 heavy (non-hydrogen) atoms. The number of aromatic nitrogens is 2. The molecule has 0 saturated heterocycles. The van der Waals surface area contributed by atoms with Gasteiger partial charge in [0.25, 0.3) is 29.3 Å². The number of aryl methyl sites for hydroxylation is 2. The molecule has 1 aliphatic heterocycles. The summed E-state index contributed by atoms with van der Waals surface area (Å²) in [7, 11) is 0. The van der Waals surface area contributed by atoms with Crippen molar-refractivity contribution in [3.63, 3.8) is 0 Å². The first kappa shape index (κ1) is 48.0. The van der Waals surface area contributed by atoms with Crippen LogP contribution in [0.15, 0.2) is 164 Å². The monoisotopic (exact) mass is 987 g/mol. The van der Waals surface area contributed by atoms with Crippen molar-refractivity contribution in [3.8, 4) is 46.3 Å². The van der Waals surface area contributed by atoms with Crippen molar-refractivity contribution >= 4 is 74.1 Å².